The number of rotatable bonds is 4. The van der Waals surface area contributed by atoms with Gasteiger partial charge in [0.2, 0.25) is 11.8 Å². The number of carbonyl (C=O) groups is 2. The van der Waals surface area contributed by atoms with Gasteiger partial charge in [0.05, 0.1) is 31.7 Å². The summed E-state index contributed by atoms with van der Waals surface area (Å²) in [6.07, 6.45) is 1.40. The van der Waals surface area contributed by atoms with Gasteiger partial charge in [0.15, 0.2) is 0 Å². The third-order valence-electron chi connectivity index (χ3n) is 4.82. The number of hydrogen-bond donors (Lipinski definition) is 2. The molecule has 2 N–H and O–H groups in total. The molecule has 3 rings (SSSR count). The Morgan fingerprint density at radius 3 is 2.60 bits per heavy atom. The van der Waals surface area contributed by atoms with Crippen molar-refractivity contribution in [1.82, 2.24) is 10.2 Å². The third-order valence-corrected chi connectivity index (χ3v) is 4.82. The van der Waals surface area contributed by atoms with Crippen LogP contribution >= 0.6 is 0 Å². The van der Waals surface area contributed by atoms with Crippen LogP contribution in [0.25, 0.3) is 0 Å². The number of ether oxygens (including phenoxy) is 1. The molecule has 2 fully saturated rings. The fraction of sp³-hybridized carbons (Fsp3) is 0.556. The molecule has 1 aromatic rings. The highest BCUT2D eigenvalue weighted by molar-refractivity contribution is 5.79. The predicted octanol–water partition coefficient (Wildman–Crippen LogP) is 0.931. The average Bonchev–Trinajstić information content (AvgIpc) is 3.32. The quantitative estimate of drug-likeness (QED) is 0.847. The van der Waals surface area contributed by atoms with Crippen molar-refractivity contribution in [2.75, 3.05) is 26.3 Å². The van der Waals surface area contributed by atoms with Crippen molar-refractivity contribution in [3.05, 3.63) is 35.6 Å². The number of nitrogens with zero attached hydrogens (tertiary/aromatic N) is 1. The van der Waals surface area contributed by atoms with Crippen LogP contribution < -0.4 is 5.32 Å². The summed E-state index contributed by atoms with van der Waals surface area (Å²) < 4.78 is 18.5. The fourth-order valence-electron chi connectivity index (χ4n) is 3.28. The largest absolute Gasteiger partial charge is 0.385 e. The number of benzene rings is 1. The highest BCUT2D eigenvalue weighted by Crippen LogP contribution is 2.45. The van der Waals surface area contributed by atoms with E-state index in [1.54, 1.807) is 12.1 Å². The average molecular weight is 350 g/mol. The Balaban J connectivity index is 1.65. The number of β-amino-alcohol motifs (C(OH)–C–C–N with tert-alkyl or cyclic N) is 1. The van der Waals surface area contributed by atoms with Crippen molar-refractivity contribution in [3.8, 4) is 0 Å². The maximum Gasteiger partial charge on any atom is 0.223 e. The molecule has 0 aromatic heterocycles. The number of nitrogens with one attached hydrogen (secondary N) is 1. The molecule has 0 bridgehead atoms. The lowest BCUT2D eigenvalue weighted by Crippen LogP contribution is -2.49. The fourth-order valence-corrected chi connectivity index (χ4v) is 3.28. The summed E-state index contributed by atoms with van der Waals surface area (Å²) in [4.78, 5) is 25.6. The van der Waals surface area contributed by atoms with Gasteiger partial charge in [-0.1, -0.05) is 12.1 Å². The highest BCUT2D eigenvalue weighted by Gasteiger charge is 2.47. The van der Waals surface area contributed by atoms with Crippen LogP contribution in [0.4, 0.5) is 4.39 Å². The normalized spacial score (nSPS) is 25.2. The van der Waals surface area contributed by atoms with Gasteiger partial charge in [-0.05, 0) is 30.5 Å². The Bertz CT molecular complexity index is 660. The molecule has 1 saturated carbocycles. The predicted molar refractivity (Wildman–Crippen MR) is 88.1 cm³/mol. The Morgan fingerprint density at radius 1 is 1.32 bits per heavy atom. The molecule has 0 spiro atoms. The second-order valence-electron chi connectivity index (χ2n) is 7.03. The van der Waals surface area contributed by atoms with Crippen LogP contribution in [0.15, 0.2) is 24.3 Å². The van der Waals surface area contributed by atoms with Gasteiger partial charge in [-0.3, -0.25) is 9.59 Å². The minimum absolute atomic E-state index is 0.00769. The zero-order chi connectivity index (χ0) is 18.1. The Hall–Kier alpha value is -1.99. The minimum Gasteiger partial charge on any atom is -0.385 e. The topological polar surface area (TPSA) is 78.9 Å². The molecule has 2 aliphatic rings. The maximum atomic E-state index is 13.1. The van der Waals surface area contributed by atoms with Crippen molar-refractivity contribution in [2.45, 2.75) is 37.3 Å². The van der Waals surface area contributed by atoms with Gasteiger partial charge >= 0.3 is 0 Å². The summed E-state index contributed by atoms with van der Waals surface area (Å²) >= 11 is 0. The van der Waals surface area contributed by atoms with E-state index in [1.807, 2.05) is 0 Å². The van der Waals surface area contributed by atoms with Crippen LogP contribution in [-0.2, 0) is 19.9 Å². The molecule has 7 heteroatoms. The van der Waals surface area contributed by atoms with Gasteiger partial charge in [0.1, 0.15) is 11.4 Å². The monoisotopic (exact) mass is 350 g/mol. The van der Waals surface area contributed by atoms with Crippen molar-refractivity contribution in [1.29, 1.82) is 0 Å². The summed E-state index contributed by atoms with van der Waals surface area (Å²) in [7, 11) is 0. The number of halogens is 1. The van der Waals surface area contributed by atoms with Crippen molar-refractivity contribution >= 4 is 11.8 Å². The van der Waals surface area contributed by atoms with E-state index in [4.69, 9.17) is 4.74 Å². The first kappa shape index (κ1) is 17.8. The van der Waals surface area contributed by atoms with Crippen LogP contribution in [0.3, 0.4) is 0 Å². The van der Waals surface area contributed by atoms with Gasteiger partial charge in [-0.2, -0.15) is 0 Å². The molecular weight excluding hydrogens is 327 g/mol. The molecule has 136 valence electrons. The first-order valence-corrected chi connectivity index (χ1v) is 8.45. The molecule has 1 saturated heterocycles. The second-order valence-corrected chi connectivity index (χ2v) is 7.03. The van der Waals surface area contributed by atoms with Crippen molar-refractivity contribution < 1.29 is 23.8 Å². The molecule has 6 nitrogen and oxygen atoms in total. The van der Waals surface area contributed by atoms with E-state index in [1.165, 1.54) is 24.0 Å². The lowest BCUT2D eigenvalue weighted by Gasteiger charge is -2.30. The van der Waals surface area contributed by atoms with Gasteiger partial charge in [-0.25, -0.2) is 4.39 Å². The SMILES string of the molecule is CC(=O)N1CCOCC(O)(CC(=O)NC2(c3ccc(F)cc3)CC2)C1. The Kier molecular flexibility index (Phi) is 4.79. The zero-order valence-electron chi connectivity index (χ0n) is 14.3. The molecule has 1 aliphatic heterocycles. The summed E-state index contributed by atoms with van der Waals surface area (Å²) in [6.45, 7) is 2.24. The lowest BCUT2D eigenvalue weighted by molar-refractivity contribution is -0.136. The van der Waals surface area contributed by atoms with E-state index in [2.05, 4.69) is 5.32 Å². The smallest absolute Gasteiger partial charge is 0.223 e. The van der Waals surface area contributed by atoms with Crippen LogP contribution in [0.2, 0.25) is 0 Å². The van der Waals surface area contributed by atoms with E-state index in [0.717, 1.165) is 18.4 Å². The number of carbonyl (C=O) groups excluding carboxylic acids is 2. The molecule has 1 atom stereocenters. The van der Waals surface area contributed by atoms with E-state index < -0.39 is 11.1 Å². The molecular formula is C18H23FN2O4. The molecule has 1 unspecified atom stereocenters. The summed E-state index contributed by atoms with van der Waals surface area (Å²) in [5, 5.41) is 13.7. The van der Waals surface area contributed by atoms with Gasteiger partial charge in [0.25, 0.3) is 0 Å². The molecule has 1 aromatic carbocycles. The Morgan fingerprint density at radius 2 is 2.00 bits per heavy atom. The Labute approximate surface area is 146 Å². The van der Waals surface area contributed by atoms with Gasteiger partial charge in [0, 0.05) is 13.5 Å². The summed E-state index contributed by atoms with van der Waals surface area (Å²) in [6, 6.07) is 6.09. The number of aliphatic hydroxyl groups is 1. The van der Waals surface area contributed by atoms with Crippen LogP contribution in [0, 0.1) is 5.82 Å². The third kappa shape index (κ3) is 4.16. The van der Waals surface area contributed by atoms with Gasteiger partial charge in [-0.15, -0.1) is 0 Å². The number of amides is 2. The molecule has 0 radical (unpaired) electrons. The van der Waals surface area contributed by atoms with E-state index >= 15 is 0 Å². The first-order valence-electron chi connectivity index (χ1n) is 8.45. The van der Waals surface area contributed by atoms with E-state index in [0.29, 0.717) is 13.2 Å². The maximum absolute atomic E-state index is 13.1. The van der Waals surface area contributed by atoms with Crippen molar-refractivity contribution in [2.24, 2.45) is 0 Å². The molecule has 2 amide bonds. The minimum atomic E-state index is -1.41. The van der Waals surface area contributed by atoms with E-state index in [-0.39, 0.29) is 37.2 Å². The van der Waals surface area contributed by atoms with Gasteiger partial charge < -0.3 is 20.1 Å². The second kappa shape index (κ2) is 6.72. The first-order chi connectivity index (χ1) is 11.8. The summed E-state index contributed by atoms with van der Waals surface area (Å²) in [5.41, 5.74) is -1.03. The van der Waals surface area contributed by atoms with E-state index in [9.17, 15) is 19.1 Å². The van der Waals surface area contributed by atoms with Crippen LogP contribution in [0.1, 0.15) is 31.7 Å². The molecule has 1 aliphatic carbocycles. The summed E-state index contributed by atoms with van der Waals surface area (Å²) in [5.74, 6) is -0.784. The molecule has 25 heavy (non-hydrogen) atoms. The highest BCUT2D eigenvalue weighted by atomic mass is 19.1. The standard InChI is InChI=1S/C18H23FN2O4/c1-13(22)21-8-9-25-12-17(24,11-21)10-16(23)20-18(6-7-18)14-2-4-15(19)5-3-14/h2-5,24H,6-12H2,1H3,(H,20,23). The van der Waals surface area contributed by atoms with Crippen LogP contribution in [0.5, 0.6) is 0 Å². The lowest BCUT2D eigenvalue weighted by atomic mass is 9.98. The van der Waals surface area contributed by atoms with Crippen molar-refractivity contribution in [3.63, 3.8) is 0 Å². The van der Waals surface area contributed by atoms with Crippen LogP contribution in [-0.4, -0.2) is 53.7 Å². The molecule has 1 heterocycles. The zero-order valence-corrected chi connectivity index (χ0v) is 14.3. The number of hydrogen-bond acceptors (Lipinski definition) is 4.